The van der Waals surface area contributed by atoms with Crippen molar-refractivity contribution >= 4 is 7.82 Å². The van der Waals surface area contributed by atoms with Crippen LogP contribution in [0.25, 0.3) is 0 Å². The van der Waals surface area contributed by atoms with Crippen molar-refractivity contribution in [2.75, 3.05) is 0 Å². The van der Waals surface area contributed by atoms with Gasteiger partial charge in [-0.25, -0.2) is 4.57 Å². The van der Waals surface area contributed by atoms with Gasteiger partial charge < -0.3 is 9.05 Å². The van der Waals surface area contributed by atoms with Gasteiger partial charge in [-0.15, -0.1) is 0 Å². The zero-order chi connectivity index (χ0) is 28.7. The summed E-state index contributed by atoms with van der Waals surface area (Å²) < 4.78 is 25.7. The summed E-state index contributed by atoms with van der Waals surface area (Å²) in [6, 6.07) is 12.2. The molecule has 0 atom stereocenters. The van der Waals surface area contributed by atoms with Crippen LogP contribution in [-0.4, -0.2) is 4.89 Å². The van der Waals surface area contributed by atoms with Gasteiger partial charge in [0.05, 0.1) is 0 Å². The van der Waals surface area contributed by atoms with Crippen molar-refractivity contribution in [3.05, 3.63) is 58.7 Å². The van der Waals surface area contributed by atoms with Gasteiger partial charge in [0.15, 0.2) is 0 Å². The molecule has 4 nitrogen and oxygen atoms in total. The van der Waals surface area contributed by atoms with Gasteiger partial charge in [-0.2, -0.15) is 0 Å². The molecule has 0 amide bonds. The maximum Gasteiger partial charge on any atom is 0.584 e. The number of phosphoric ester groups is 1. The van der Waals surface area contributed by atoms with Gasteiger partial charge in [0, 0.05) is 11.1 Å². The van der Waals surface area contributed by atoms with Crippen molar-refractivity contribution in [1.29, 1.82) is 0 Å². The molecule has 2 fully saturated rings. The highest BCUT2D eigenvalue weighted by atomic mass is 31.2. The Hall–Kier alpha value is -1.77. The third-order valence-corrected chi connectivity index (χ3v) is 10.2. The topological polar surface area (TPSA) is 55.8 Å². The average molecular weight is 555 g/mol. The molecule has 1 N–H and O–H groups in total. The van der Waals surface area contributed by atoms with Crippen LogP contribution in [-0.2, 0) is 26.2 Å². The summed E-state index contributed by atoms with van der Waals surface area (Å²) in [5, 5.41) is 0. The lowest BCUT2D eigenvalue weighted by Gasteiger charge is -2.37. The first-order chi connectivity index (χ1) is 18.0. The van der Waals surface area contributed by atoms with Gasteiger partial charge in [-0.3, -0.25) is 4.89 Å². The van der Waals surface area contributed by atoms with Crippen LogP contribution in [0.3, 0.4) is 0 Å². The molecule has 0 radical (unpaired) electrons. The highest BCUT2D eigenvalue weighted by Crippen LogP contribution is 2.53. The summed E-state index contributed by atoms with van der Waals surface area (Å²) in [7, 11) is -4.46. The predicted molar refractivity (Wildman–Crippen MR) is 162 cm³/mol. The minimum atomic E-state index is -4.46. The fourth-order valence-electron chi connectivity index (χ4n) is 6.57. The Bertz CT molecular complexity index is 1110. The number of rotatable bonds is 6. The SMILES string of the molecule is CC(C)(C)c1ccc(OP(=O)(O)Oc2ccc(C(C)(C)C)cc2C2(C)CCCCC2)c(C2(C)CCCCC2)c1. The molecular formula is C34H51O4P. The highest BCUT2D eigenvalue weighted by Gasteiger charge is 2.38. The highest BCUT2D eigenvalue weighted by molar-refractivity contribution is 7.48. The first-order valence-electron chi connectivity index (χ1n) is 15.0. The van der Waals surface area contributed by atoms with E-state index >= 15 is 0 Å². The van der Waals surface area contributed by atoms with Crippen LogP contribution in [0.5, 0.6) is 11.5 Å². The molecule has 0 unspecified atom stereocenters. The predicted octanol–water partition coefficient (Wildman–Crippen LogP) is 10.3. The second-order valence-electron chi connectivity index (χ2n) is 14.8. The lowest BCUT2D eigenvalue weighted by atomic mass is 9.69. The van der Waals surface area contributed by atoms with E-state index in [1.165, 1.54) is 24.0 Å². The largest absolute Gasteiger partial charge is 0.584 e. The molecular weight excluding hydrogens is 503 g/mol. The maximum atomic E-state index is 13.7. The van der Waals surface area contributed by atoms with E-state index in [1.807, 2.05) is 24.3 Å². The molecule has 39 heavy (non-hydrogen) atoms. The van der Waals surface area contributed by atoms with Crippen LogP contribution in [0, 0.1) is 0 Å². The van der Waals surface area contributed by atoms with Gasteiger partial charge in [0.25, 0.3) is 0 Å². The minimum Gasteiger partial charge on any atom is -0.395 e. The van der Waals surface area contributed by atoms with Crippen molar-refractivity contribution in [2.45, 2.75) is 141 Å². The number of hydrogen-bond donors (Lipinski definition) is 1. The van der Waals surface area contributed by atoms with Crippen molar-refractivity contribution in [2.24, 2.45) is 0 Å². The second kappa shape index (κ2) is 10.9. The van der Waals surface area contributed by atoms with Crippen LogP contribution in [0.15, 0.2) is 36.4 Å². The number of benzene rings is 2. The Kier molecular flexibility index (Phi) is 8.44. The molecule has 0 aliphatic heterocycles. The van der Waals surface area contributed by atoms with E-state index in [0.29, 0.717) is 11.5 Å². The van der Waals surface area contributed by atoms with E-state index in [2.05, 4.69) is 67.5 Å². The van der Waals surface area contributed by atoms with Crippen molar-refractivity contribution in [1.82, 2.24) is 0 Å². The molecule has 5 heteroatoms. The van der Waals surface area contributed by atoms with E-state index in [-0.39, 0.29) is 21.7 Å². The van der Waals surface area contributed by atoms with E-state index < -0.39 is 7.82 Å². The molecule has 0 spiro atoms. The van der Waals surface area contributed by atoms with Gasteiger partial charge in [-0.1, -0.05) is 118 Å². The zero-order valence-corrected chi connectivity index (χ0v) is 26.5. The quantitative estimate of drug-likeness (QED) is 0.361. The third kappa shape index (κ3) is 6.94. The Morgan fingerprint density at radius 3 is 1.28 bits per heavy atom. The third-order valence-electron chi connectivity index (χ3n) is 9.33. The average Bonchev–Trinajstić information content (AvgIpc) is 2.83. The van der Waals surface area contributed by atoms with Gasteiger partial charge in [0.2, 0.25) is 0 Å². The lowest BCUT2D eigenvalue weighted by molar-refractivity contribution is 0.270. The summed E-state index contributed by atoms with van der Waals surface area (Å²) in [6.45, 7) is 17.7. The second-order valence-corrected chi connectivity index (χ2v) is 16.1. The fraction of sp³-hybridized carbons (Fsp3) is 0.647. The normalized spacial score (nSPS) is 19.9. The van der Waals surface area contributed by atoms with Gasteiger partial charge >= 0.3 is 7.82 Å². The molecule has 216 valence electrons. The Labute approximate surface area is 237 Å². The summed E-state index contributed by atoms with van der Waals surface area (Å²) in [5.74, 6) is 0.935. The van der Waals surface area contributed by atoms with Crippen LogP contribution in [0.2, 0.25) is 0 Å². The van der Waals surface area contributed by atoms with Crippen LogP contribution < -0.4 is 9.05 Å². The molecule has 2 saturated carbocycles. The Morgan fingerprint density at radius 2 is 0.974 bits per heavy atom. The van der Waals surface area contributed by atoms with Gasteiger partial charge in [0.1, 0.15) is 11.5 Å². The maximum absolute atomic E-state index is 13.7. The Morgan fingerprint density at radius 1 is 0.641 bits per heavy atom. The summed E-state index contributed by atoms with van der Waals surface area (Å²) in [4.78, 5) is 11.2. The van der Waals surface area contributed by atoms with Crippen molar-refractivity contribution < 1.29 is 18.5 Å². The van der Waals surface area contributed by atoms with Crippen LogP contribution in [0.4, 0.5) is 0 Å². The first kappa shape index (κ1) is 30.2. The summed E-state index contributed by atoms with van der Waals surface area (Å²) >= 11 is 0. The van der Waals surface area contributed by atoms with Crippen molar-refractivity contribution in [3.8, 4) is 11.5 Å². The molecule has 2 aromatic rings. The molecule has 4 rings (SSSR count). The standard InChI is InChI=1S/C34H51O4P/c1-31(2,3)25-15-17-29(27(23-25)33(7)19-11-9-12-20-33)37-39(35,36)38-30-18-16-26(32(4,5)6)24-28(30)34(8)21-13-10-14-22-34/h15-18,23-24H,9-14,19-22H2,1-8H3,(H,35,36). The zero-order valence-electron chi connectivity index (χ0n) is 25.7. The number of phosphoric acid groups is 1. The number of hydrogen-bond acceptors (Lipinski definition) is 3. The molecule has 2 aliphatic carbocycles. The molecule has 0 aromatic heterocycles. The van der Waals surface area contributed by atoms with Gasteiger partial charge in [-0.05, 0) is 70.6 Å². The lowest BCUT2D eigenvalue weighted by Crippen LogP contribution is -2.27. The summed E-state index contributed by atoms with van der Waals surface area (Å²) in [6.07, 6.45) is 11.3. The minimum absolute atomic E-state index is 0.0309. The van der Waals surface area contributed by atoms with Crippen molar-refractivity contribution in [3.63, 3.8) is 0 Å². The van der Waals surface area contributed by atoms with Crippen LogP contribution >= 0.6 is 7.82 Å². The molecule has 0 heterocycles. The fourth-order valence-corrected chi connectivity index (χ4v) is 7.42. The van der Waals surface area contributed by atoms with E-state index in [4.69, 9.17) is 9.05 Å². The Balaban J connectivity index is 1.71. The summed E-state index contributed by atoms with van der Waals surface area (Å²) in [5.41, 5.74) is 4.21. The van der Waals surface area contributed by atoms with E-state index in [9.17, 15) is 9.46 Å². The first-order valence-corrected chi connectivity index (χ1v) is 16.5. The monoisotopic (exact) mass is 554 g/mol. The molecule has 2 aliphatic rings. The van der Waals surface area contributed by atoms with Crippen LogP contribution in [0.1, 0.15) is 142 Å². The smallest absolute Gasteiger partial charge is 0.395 e. The van der Waals surface area contributed by atoms with E-state index in [0.717, 1.165) is 62.5 Å². The molecule has 2 aromatic carbocycles. The molecule has 0 saturated heterocycles. The van der Waals surface area contributed by atoms with E-state index in [1.54, 1.807) is 0 Å². The molecule has 0 bridgehead atoms.